The number of nitrogens with two attached hydrogens (primary N) is 1. The first-order valence-electron chi connectivity index (χ1n) is 5.20. The average Bonchev–Trinajstić information content (AvgIpc) is 2.44. The summed E-state index contributed by atoms with van der Waals surface area (Å²) in [7, 11) is 0. The van der Waals surface area contributed by atoms with Gasteiger partial charge in [-0.2, -0.15) is 0 Å². The Labute approximate surface area is 115 Å². The molecule has 2 N–H and O–H groups in total. The number of hydrogen-bond donors (Lipinski definition) is 1. The molecule has 20 heavy (non-hydrogen) atoms. The SMILES string of the molecule is Nc1cc(CCl)cnc1-c1c(F)c(F)c(F)c(F)c1F. The first-order chi connectivity index (χ1) is 9.38. The number of aromatic nitrogens is 1. The number of alkyl halides is 1. The van der Waals surface area contributed by atoms with Crippen LogP contribution >= 0.6 is 11.6 Å². The van der Waals surface area contributed by atoms with Gasteiger partial charge in [0.25, 0.3) is 0 Å². The molecule has 0 amide bonds. The van der Waals surface area contributed by atoms with E-state index in [0.29, 0.717) is 5.56 Å². The summed E-state index contributed by atoms with van der Waals surface area (Å²) in [5.74, 6) is -10.3. The molecule has 106 valence electrons. The molecule has 1 aromatic heterocycles. The van der Waals surface area contributed by atoms with Gasteiger partial charge in [0.05, 0.1) is 16.9 Å². The van der Waals surface area contributed by atoms with Crippen LogP contribution in [0.15, 0.2) is 12.3 Å². The van der Waals surface area contributed by atoms with Crippen molar-refractivity contribution >= 4 is 17.3 Å². The van der Waals surface area contributed by atoms with E-state index in [0.717, 1.165) is 6.20 Å². The second-order valence-electron chi connectivity index (χ2n) is 3.86. The Balaban J connectivity index is 2.76. The molecule has 1 aromatic carbocycles. The number of nitrogens with zero attached hydrogens (tertiary/aromatic N) is 1. The molecular weight excluding hydrogens is 303 g/mol. The van der Waals surface area contributed by atoms with Gasteiger partial charge < -0.3 is 5.73 Å². The van der Waals surface area contributed by atoms with Gasteiger partial charge in [0.1, 0.15) is 0 Å². The lowest BCUT2D eigenvalue weighted by Gasteiger charge is -2.10. The highest BCUT2D eigenvalue weighted by Gasteiger charge is 2.28. The number of anilines is 1. The Kier molecular flexibility index (Phi) is 3.80. The maximum Gasteiger partial charge on any atom is 0.200 e. The molecule has 0 aliphatic carbocycles. The number of rotatable bonds is 2. The van der Waals surface area contributed by atoms with Crippen LogP contribution in [0.5, 0.6) is 0 Å². The van der Waals surface area contributed by atoms with Gasteiger partial charge in [-0.25, -0.2) is 22.0 Å². The largest absolute Gasteiger partial charge is 0.397 e. The highest BCUT2D eigenvalue weighted by molar-refractivity contribution is 6.17. The average molecular weight is 309 g/mol. The Morgan fingerprint density at radius 1 is 0.950 bits per heavy atom. The molecule has 0 atom stereocenters. The van der Waals surface area contributed by atoms with Crippen molar-refractivity contribution in [3.63, 3.8) is 0 Å². The van der Waals surface area contributed by atoms with Crippen LogP contribution < -0.4 is 5.73 Å². The van der Waals surface area contributed by atoms with Gasteiger partial charge in [-0.3, -0.25) is 4.98 Å². The Morgan fingerprint density at radius 3 is 1.90 bits per heavy atom. The summed E-state index contributed by atoms with van der Waals surface area (Å²) in [6.45, 7) is 0. The van der Waals surface area contributed by atoms with Crippen LogP contribution in [-0.4, -0.2) is 4.98 Å². The van der Waals surface area contributed by atoms with Crippen LogP contribution in [-0.2, 0) is 5.88 Å². The first kappa shape index (κ1) is 14.5. The predicted molar refractivity (Wildman–Crippen MR) is 63.4 cm³/mol. The number of benzene rings is 1. The third-order valence-electron chi connectivity index (χ3n) is 2.57. The van der Waals surface area contributed by atoms with Crippen molar-refractivity contribution in [2.75, 3.05) is 5.73 Å². The molecule has 0 aliphatic rings. The number of pyridine rings is 1. The van der Waals surface area contributed by atoms with Crippen molar-refractivity contribution < 1.29 is 22.0 Å². The molecule has 0 bridgehead atoms. The lowest BCUT2D eigenvalue weighted by Crippen LogP contribution is -2.06. The Hall–Kier alpha value is -1.89. The summed E-state index contributed by atoms with van der Waals surface area (Å²) in [5, 5.41) is 0. The molecule has 0 unspecified atom stereocenters. The summed E-state index contributed by atoms with van der Waals surface area (Å²) in [5.41, 5.74) is 4.01. The van der Waals surface area contributed by atoms with Crippen LogP contribution in [0.4, 0.5) is 27.6 Å². The van der Waals surface area contributed by atoms with Crippen LogP contribution in [0.2, 0.25) is 0 Å². The van der Waals surface area contributed by atoms with Gasteiger partial charge in [-0.15, -0.1) is 11.6 Å². The smallest absolute Gasteiger partial charge is 0.200 e. The molecule has 0 spiro atoms. The number of hydrogen-bond acceptors (Lipinski definition) is 2. The van der Waals surface area contributed by atoms with Gasteiger partial charge in [0, 0.05) is 12.1 Å². The molecule has 2 nitrogen and oxygen atoms in total. The summed E-state index contributed by atoms with van der Waals surface area (Å²) < 4.78 is 66.4. The van der Waals surface area contributed by atoms with E-state index >= 15 is 0 Å². The van der Waals surface area contributed by atoms with E-state index in [2.05, 4.69) is 4.98 Å². The van der Waals surface area contributed by atoms with E-state index in [1.54, 1.807) is 0 Å². The fraction of sp³-hybridized carbons (Fsp3) is 0.0833. The maximum atomic E-state index is 13.6. The van der Waals surface area contributed by atoms with Gasteiger partial charge in [-0.05, 0) is 11.6 Å². The molecule has 8 heteroatoms. The Morgan fingerprint density at radius 2 is 1.45 bits per heavy atom. The van der Waals surface area contributed by atoms with E-state index in [-0.39, 0.29) is 11.6 Å². The molecular formula is C12H6ClF5N2. The highest BCUT2D eigenvalue weighted by atomic mass is 35.5. The number of halogens is 6. The van der Waals surface area contributed by atoms with E-state index in [4.69, 9.17) is 17.3 Å². The summed E-state index contributed by atoms with van der Waals surface area (Å²) in [4.78, 5) is 3.61. The molecule has 0 radical (unpaired) electrons. The van der Waals surface area contributed by atoms with E-state index in [1.807, 2.05) is 0 Å². The molecule has 2 rings (SSSR count). The molecule has 1 heterocycles. The minimum absolute atomic E-state index is 0.0363. The van der Waals surface area contributed by atoms with Crippen molar-refractivity contribution in [2.24, 2.45) is 0 Å². The fourth-order valence-corrected chi connectivity index (χ4v) is 1.77. The maximum absolute atomic E-state index is 13.6. The summed E-state index contributed by atoms with van der Waals surface area (Å²) >= 11 is 5.52. The van der Waals surface area contributed by atoms with Crippen molar-refractivity contribution in [3.8, 4) is 11.3 Å². The zero-order valence-corrected chi connectivity index (χ0v) is 10.4. The van der Waals surface area contributed by atoms with Gasteiger partial charge in [0.2, 0.25) is 5.82 Å². The monoisotopic (exact) mass is 308 g/mol. The summed E-state index contributed by atoms with van der Waals surface area (Å²) in [6.07, 6.45) is 1.14. The molecule has 0 aliphatic heterocycles. The quantitative estimate of drug-likeness (QED) is 0.397. The molecule has 0 saturated heterocycles. The zero-order chi connectivity index (χ0) is 15.0. The molecule has 2 aromatic rings. The van der Waals surface area contributed by atoms with Gasteiger partial charge >= 0.3 is 0 Å². The van der Waals surface area contributed by atoms with Gasteiger partial charge in [-0.1, -0.05) is 0 Å². The Bertz CT molecular complexity index is 661. The summed E-state index contributed by atoms with van der Waals surface area (Å²) in [6, 6.07) is 1.24. The van der Waals surface area contributed by atoms with E-state index in [1.165, 1.54) is 6.07 Å². The minimum atomic E-state index is -2.24. The second-order valence-corrected chi connectivity index (χ2v) is 4.13. The zero-order valence-electron chi connectivity index (χ0n) is 9.65. The molecule has 0 saturated carbocycles. The molecule has 0 fully saturated rings. The van der Waals surface area contributed by atoms with Crippen molar-refractivity contribution in [3.05, 3.63) is 46.9 Å². The van der Waals surface area contributed by atoms with E-state index in [9.17, 15) is 22.0 Å². The lowest BCUT2D eigenvalue weighted by molar-refractivity contribution is 0.381. The fourth-order valence-electron chi connectivity index (χ4n) is 1.62. The standard InChI is InChI=1S/C12H6ClF5N2/c13-2-4-1-5(19)12(20-3-4)6-7(14)9(16)11(18)10(17)8(6)15/h1,3H,2,19H2. The van der Waals surface area contributed by atoms with Crippen molar-refractivity contribution in [1.82, 2.24) is 4.98 Å². The first-order valence-corrected chi connectivity index (χ1v) is 5.74. The van der Waals surface area contributed by atoms with Crippen LogP contribution in [0, 0.1) is 29.1 Å². The normalized spacial score (nSPS) is 10.9. The lowest BCUT2D eigenvalue weighted by atomic mass is 10.1. The predicted octanol–water partition coefficient (Wildman–Crippen LogP) is 3.77. The van der Waals surface area contributed by atoms with Crippen LogP contribution in [0.3, 0.4) is 0 Å². The van der Waals surface area contributed by atoms with Crippen molar-refractivity contribution in [1.29, 1.82) is 0 Å². The van der Waals surface area contributed by atoms with Gasteiger partial charge in [0.15, 0.2) is 23.3 Å². The number of nitrogen functional groups attached to an aromatic ring is 1. The minimum Gasteiger partial charge on any atom is -0.397 e. The van der Waals surface area contributed by atoms with Crippen molar-refractivity contribution in [2.45, 2.75) is 5.88 Å². The second kappa shape index (κ2) is 5.24. The van der Waals surface area contributed by atoms with E-state index < -0.39 is 40.3 Å². The highest BCUT2D eigenvalue weighted by Crippen LogP contribution is 2.33. The third kappa shape index (κ3) is 2.18. The van der Waals surface area contributed by atoms with Crippen LogP contribution in [0.25, 0.3) is 11.3 Å². The third-order valence-corrected chi connectivity index (χ3v) is 2.88. The van der Waals surface area contributed by atoms with Crippen LogP contribution in [0.1, 0.15) is 5.56 Å². The topological polar surface area (TPSA) is 38.9 Å².